The topological polar surface area (TPSA) is 40.6 Å². The second-order valence-corrected chi connectivity index (χ2v) is 4.19. The fourth-order valence-corrected chi connectivity index (χ4v) is 2.11. The van der Waals surface area contributed by atoms with Crippen molar-refractivity contribution in [3.8, 4) is 11.5 Å². The van der Waals surface area contributed by atoms with Crippen LogP contribution < -0.4 is 9.47 Å². The summed E-state index contributed by atoms with van der Waals surface area (Å²) < 4.78 is 16.6. The second kappa shape index (κ2) is 5.33. The summed E-state index contributed by atoms with van der Waals surface area (Å²) in [5, 5.41) is 0.981. The predicted octanol–water partition coefficient (Wildman–Crippen LogP) is 2.99. The normalized spacial score (nSPS) is 10.5. The van der Waals surface area contributed by atoms with Gasteiger partial charge < -0.3 is 14.2 Å². The lowest BCUT2D eigenvalue weighted by Gasteiger charge is -2.12. The number of rotatable bonds is 4. The van der Waals surface area contributed by atoms with Crippen LogP contribution in [0.25, 0.3) is 10.9 Å². The van der Waals surface area contributed by atoms with Crippen molar-refractivity contribution in [3.63, 3.8) is 0 Å². The lowest BCUT2D eigenvalue weighted by molar-refractivity contribution is 0.0493. The highest BCUT2D eigenvalue weighted by molar-refractivity contribution is 9.10. The molecule has 2 rings (SSSR count). The van der Waals surface area contributed by atoms with E-state index in [1.165, 1.54) is 0 Å². The maximum absolute atomic E-state index is 5.45. The predicted molar refractivity (Wildman–Crippen MR) is 68.5 cm³/mol. The summed E-state index contributed by atoms with van der Waals surface area (Å²) in [5.74, 6) is 1.22. The van der Waals surface area contributed by atoms with Crippen molar-refractivity contribution in [2.24, 2.45) is 0 Å². The van der Waals surface area contributed by atoms with Crippen molar-refractivity contribution >= 4 is 26.8 Å². The molecule has 4 nitrogen and oxygen atoms in total. The van der Waals surface area contributed by atoms with Crippen LogP contribution in [-0.4, -0.2) is 26.0 Å². The molecule has 0 amide bonds. The van der Waals surface area contributed by atoms with E-state index in [4.69, 9.17) is 14.2 Å². The minimum absolute atomic E-state index is 0.168. The van der Waals surface area contributed by atoms with Gasteiger partial charge in [-0.3, -0.25) is 4.98 Å². The molecule has 1 aromatic heterocycles. The standard InChI is InChI=1S/C12H12BrNO3/c1-15-7-17-10-6-9(13)8-4-3-5-14-11(8)12(10)16-2/h3-6H,7H2,1-2H3. The monoisotopic (exact) mass is 297 g/mol. The van der Waals surface area contributed by atoms with Crippen LogP contribution in [0.15, 0.2) is 28.9 Å². The molecule has 0 aliphatic rings. The van der Waals surface area contributed by atoms with E-state index in [0.29, 0.717) is 11.5 Å². The number of hydrogen-bond donors (Lipinski definition) is 0. The quantitative estimate of drug-likeness (QED) is 0.814. The van der Waals surface area contributed by atoms with Gasteiger partial charge in [-0.25, -0.2) is 0 Å². The molecule has 0 atom stereocenters. The van der Waals surface area contributed by atoms with Crippen LogP contribution in [0.5, 0.6) is 11.5 Å². The van der Waals surface area contributed by atoms with Crippen molar-refractivity contribution in [2.45, 2.75) is 0 Å². The Balaban J connectivity index is 2.60. The number of nitrogens with zero attached hydrogens (tertiary/aromatic N) is 1. The zero-order chi connectivity index (χ0) is 12.3. The van der Waals surface area contributed by atoms with Gasteiger partial charge in [-0.05, 0) is 34.1 Å². The molecule has 90 valence electrons. The molecule has 17 heavy (non-hydrogen) atoms. The highest BCUT2D eigenvalue weighted by Crippen LogP contribution is 2.38. The van der Waals surface area contributed by atoms with Gasteiger partial charge in [0.15, 0.2) is 18.3 Å². The van der Waals surface area contributed by atoms with Crippen LogP contribution in [0.2, 0.25) is 0 Å². The summed E-state index contributed by atoms with van der Waals surface area (Å²) in [6.45, 7) is 0.168. The summed E-state index contributed by atoms with van der Waals surface area (Å²) in [6.07, 6.45) is 1.72. The van der Waals surface area contributed by atoms with Crippen molar-refractivity contribution < 1.29 is 14.2 Å². The van der Waals surface area contributed by atoms with Crippen LogP contribution >= 0.6 is 15.9 Å². The van der Waals surface area contributed by atoms with Crippen molar-refractivity contribution in [1.82, 2.24) is 4.98 Å². The molecular weight excluding hydrogens is 286 g/mol. The van der Waals surface area contributed by atoms with Gasteiger partial charge in [0, 0.05) is 23.2 Å². The van der Waals surface area contributed by atoms with Crippen LogP contribution in [0.3, 0.4) is 0 Å². The molecule has 0 unspecified atom stereocenters. The molecule has 1 heterocycles. The molecule has 0 saturated heterocycles. The maximum Gasteiger partial charge on any atom is 0.188 e. The molecular formula is C12H12BrNO3. The Morgan fingerprint density at radius 2 is 2.18 bits per heavy atom. The fraction of sp³-hybridized carbons (Fsp3) is 0.250. The van der Waals surface area contributed by atoms with Gasteiger partial charge in [-0.1, -0.05) is 0 Å². The molecule has 0 N–H and O–H groups in total. The molecule has 0 aliphatic heterocycles. The molecule has 0 radical (unpaired) electrons. The molecule has 0 aliphatic carbocycles. The number of methoxy groups -OCH3 is 2. The van der Waals surface area contributed by atoms with Crippen LogP contribution in [-0.2, 0) is 4.74 Å². The van der Waals surface area contributed by atoms with Gasteiger partial charge in [-0.2, -0.15) is 0 Å². The van der Waals surface area contributed by atoms with Gasteiger partial charge in [0.1, 0.15) is 5.52 Å². The molecule has 2 aromatic rings. The summed E-state index contributed by atoms with van der Waals surface area (Å²) >= 11 is 3.49. The molecule has 0 bridgehead atoms. The first-order valence-corrected chi connectivity index (χ1v) is 5.80. The average molecular weight is 298 g/mol. The average Bonchev–Trinajstić information content (AvgIpc) is 2.36. The van der Waals surface area contributed by atoms with E-state index in [0.717, 1.165) is 15.4 Å². The number of halogens is 1. The smallest absolute Gasteiger partial charge is 0.188 e. The van der Waals surface area contributed by atoms with E-state index in [9.17, 15) is 0 Å². The molecule has 5 heteroatoms. The lowest BCUT2D eigenvalue weighted by atomic mass is 10.2. The third-order valence-corrected chi connectivity index (χ3v) is 2.95. The van der Waals surface area contributed by atoms with Gasteiger partial charge in [-0.15, -0.1) is 0 Å². The number of benzene rings is 1. The van der Waals surface area contributed by atoms with Gasteiger partial charge in [0.05, 0.1) is 7.11 Å². The molecule has 0 saturated carbocycles. The van der Waals surface area contributed by atoms with Crippen LogP contribution in [0.1, 0.15) is 0 Å². The lowest BCUT2D eigenvalue weighted by Crippen LogP contribution is -2.01. The Morgan fingerprint density at radius 3 is 2.88 bits per heavy atom. The summed E-state index contributed by atoms with van der Waals surface area (Å²) in [6, 6.07) is 5.69. The minimum Gasteiger partial charge on any atom is -0.491 e. The summed E-state index contributed by atoms with van der Waals surface area (Å²) in [7, 11) is 3.16. The largest absolute Gasteiger partial charge is 0.491 e. The minimum atomic E-state index is 0.168. The third-order valence-electron chi connectivity index (χ3n) is 2.30. The first-order chi connectivity index (χ1) is 8.27. The number of aromatic nitrogens is 1. The summed E-state index contributed by atoms with van der Waals surface area (Å²) in [5.41, 5.74) is 0.760. The van der Waals surface area contributed by atoms with Gasteiger partial charge >= 0.3 is 0 Å². The van der Waals surface area contributed by atoms with E-state index in [2.05, 4.69) is 20.9 Å². The van der Waals surface area contributed by atoms with E-state index >= 15 is 0 Å². The van der Waals surface area contributed by atoms with Crippen molar-refractivity contribution in [2.75, 3.05) is 21.0 Å². The SMILES string of the molecule is COCOc1cc(Br)c2cccnc2c1OC. The Morgan fingerprint density at radius 1 is 1.35 bits per heavy atom. The number of pyridine rings is 1. The number of hydrogen-bond acceptors (Lipinski definition) is 4. The molecule has 0 spiro atoms. The van der Waals surface area contributed by atoms with Gasteiger partial charge in [0.2, 0.25) is 0 Å². The van der Waals surface area contributed by atoms with Crippen LogP contribution in [0, 0.1) is 0 Å². The van der Waals surface area contributed by atoms with Crippen LogP contribution in [0.4, 0.5) is 0 Å². The second-order valence-electron chi connectivity index (χ2n) is 3.34. The Labute approximate surface area is 108 Å². The van der Waals surface area contributed by atoms with E-state index in [1.807, 2.05) is 18.2 Å². The fourth-order valence-electron chi connectivity index (χ4n) is 1.58. The number of ether oxygens (including phenoxy) is 3. The van der Waals surface area contributed by atoms with E-state index in [1.54, 1.807) is 20.4 Å². The third kappa shape index (κ3) is 2.35. The maximum atomic E-state index is 5.45. The Kier molecular flexibility index (Phi) is 3.81. The van der Waals surface area contributed by atoms with Gasteiger partial charge in [0.25, 0.3) is 0 Å². The zero-order valence-corrected chi connectivity index (χ0v) is 11.2. The number of fused-ring (bicyclic) bond motifs is 1. The zero-order valence-electron chi connectivity index (χ0n) is 9.57. The first-order valence-electron chi connectivity index (χ1n) is 5.01. The highest BCUT2D eigenvalue weighted by Gasteiger charge is 2.13. The van der Waals surface area contributed by atoms with E-state index in [-0.39, 0.29) is 6.79 Å². The van der Waals surface area contributed by atoms with Crippen molar-refractivity contribution in [1.29, 1.82) is 0 Å². The summed E-state index contributed by atoms with van der Waals surface area (Å²) in [4.78, 5) is 4.31. The first kappa shape index (κ1) is 12.1. The van der Waals surface area contributed by atoms with Crippen molar-refractivity contribution in [3.05, 3.63) is 28.9 Å². The molecule has 0 fully saturated rings. The highest BCUT2D eigenvalue weighted by atomic mass is 79.9. The molecule has 1 aromatic carbocycles. The Hall–Kier alpha value is -1.33. The Bertz CT molecular complexity index is 530. The van der Waals surface area contributed by atoms with E-state index < -0.39 is 0 Å².